The molecule has 0 aliphatic rings. The lowest BCUT2D eigenvalue weighted by Crippen LogP contribution is -2.17. The summed E-state index contributed by atoms with van der Waals surface area (Å²) in [5.41, 5.74) is -0.945. The monoisotopic (exact) mass is 205 g/mol. The molecule has 0 atom stereocenters. The molecule has 1 aromatic rings. The van der Waals surface area contributed by atoms with Crippen LogP contribution >= 0.6 is 15.9 Å². The third kappa shape index (κ3) is 1.54. The number of aliphatic hydroxyl groups is 1. The lowest BCUT2D eigenvalue weighted by atomic mass is 10.1. The van der Waals surface area contributed by atoms with Crippen LogP contribution in [-0.2, 0) is 5.60 Å². The molecule has 0 fully saturated rings. The molecular weight excluding hydrogens is 198 g/mol. The summed E-state index contributed by atoms with van der Waals surface area (Å²) < 4.78 is 0.463. The zero-order valence-electron chi connectivity index (χ0n) is 5.72. The van der Waals surface area contributed by atoms with Gasteiger partial charge in [-0.1, -0.05) is 0 Å². The number of hydrogen-bond acceptors (Lipinski definition) is 3. The molecule has 2 N–H and O–H groups in total. The number of halogens is 1. The quantitative estimate of drug-likeness (QED) is 0.714. The van der Waals surface area contributed by atoms with Crippen molar-refractivity contribution < 1.29 is 5.11 Å². The molecule has 1 aromatic heterocycles. The van der Waals surface area contributed by atoms with Gasteiger partial charge in [-0.3, -0.25) is 5.10 Å². The van der Waals surface area contributed by atoms with E-state index in [1.165, 1.54) is 0 Å². The first-order valence-electron chi connectivity index (χ1n) is 2.81. The van der Waals surface area contributed by atoms with Gasteiger partial charge in [-0.25, -0.2) is 4.98 Å². The number of nitrogens with zero attached hydrogens (tertiary/aromatic N) is 2. The van der Waals surface area contributed by atoms with Crippen LogP contribution in [0.25, 0.3) is 0 Å². The Balaban J connectivity index is 2.96. The molecule has 0 bridgehead atoms. The first kappa shape index (κ1) is 7.68. The van der Waals surface area contributed by atoms with Crippen LogP contribution in [0.2, 0.25) is 0 Å². The summed E-state index contributed by atoms with van der Waals surface area (Å²) in [5.74, 6) is 0.458. The van der Waals surface area contributed by atoms with Gasteiger partial charge < -0.3 is 5.11 Å². The summed E-state index contributed by atoms with van der Waals surface area (Å²) >= 11 is 3.06. The molecule has 4 nitrogen and oxygen atoms in total. The maximum Gasteiger partial charge on any atom is 0.217 e. The first-order valence-corrected chi connectivity index (χ1v) is 3.60. The highest BCUT2D eigenvalue weighted by Gasteiger charge is 2.19. The van der Waals surface area contributed by atoms with Crippen molar-refractivity contribution in [3.8, 4) is 0 Å². The van der Waals surface area contributed by atoms with Gasteiger partial charge in [0, 0.05) is 0 Å². The van der Waals surface area contributed by atoms with Crippen LogP contribution in [0.3, 0.4) is 0 Å². The largest absolute Gasteiger partial charge is 0.382 e. The van der Waals surface area contributed by atoms with Crippen LogP contribution in [0.15, 0.2) is 4.73 Å². The third-order valence-electron chi connectivity index (χ3n) is 1.04. The summed E-state index contributed by atoms with van der Waals surface area (Å²) in [6, 6.07) is 0. The van der Waals surface area contributed by atoms with Gasteiger partial charge in [0.1, 0.15) is 5.60 Å². The lowest BCUT2D eigenvalue weighted by Gasteiger charge is -2.11. The van der Waals surface area contributed by atoms with Crippen molar-refractivity contribution in [2.45, 2.75) is 19.4 Å². The molecule has 1 rings (SSSR count). The van der Waals surface area contributed by atoms with Crippen molar-refractivity contribution in [1.29, 1.82) is 0 Å². The Morgan fingerprint density at radius 1 is 1.60 bits per heavy atom. The van der Waals surface area contributed by atoms with Gasteiger partial charge in [0.05, 0.1) is 0 Å². The fourth-order valence-corrected chi connectivity index (χ4v) is 0.781. The van der Waals surface area contributed by atoms with E-state index in [1.807, 2.05) is 0 Å². The molecule has 10 heavy (non-hydrogen) atoms. The second-order valence-corrected chi connectivity index (χ2v) is 3.22. The average Bonchev–Trinajstić information content (AvgIpc) is 2.11. The van der Waals surface area contributed by atoms with Crippen LogP contribution in [0.5, 0.6) is 0 Å². The van der Waals surface area contributed by atoms with Gasteiger partial charge in [-0.15, -0.1) is 5.10 Å². The molecule has 1 heterocycles. The van der Waals surface area contributed by atoms with Crippen LogP contribution in [0.1, 0.15) is 19.7 Å². The van der Waals surface area contributed by atoms with Crippen molar-refractivity contribution in [3.63, 3.8) is 0 Å². The number of hydrogen-bond donors (Lipinski definition) is 2. The Bertz CT molecular complexity index is 227. The molecule has 0 aromatic carbocycles. The summed E-state index contributed by atoms with van der Waals surface area (Å²) in [7, 11) is 0. The fourth-order valence-electron chi connectivity index (χ4n) is 0.515. The average molecular weight is 206 g/mol. The molecule has 0 spiro atoms. The van der Waals surface area contributed by atoms with Crippen LogP contribution in [0.4, 0.5) is 0 Å². The predicted octanol–water partition coefficient (Wildman–Crippen LogP) is 0.795. The summed E-state index contributed by atoms with van der Waals surface area (Å²) in [5, 5.41) is 15.6. The molecule has 5 heteroatoms. The highest BCUT2D eigenvalue weighted by Crippen LogP contribution is 2.15. The lowest BCUT2D eigenvalue weighted by molar-refractivity contribution is 0.0691. The minimum absolute atomic E-state index is 0.458. The number of nitrogens with one attached hydrogen (secondary N) is 1. The fraction of sp³-hybridized carbons (Fsp3) is 0.600. The molecule has 0 amide bonds. The molecule has 0 aliphatic carbocycles. The molecule has 0 aliphatic heterocycles. The SMILES string of the molecule is CC(C)(O)c1nc(Br)n[nH]1. The van der Waals surface area contributed by atoms with Crippen molar-refractivity contribution in [1.82, 2.24) is 15.2 Å². The second kappa shape index (κ2) is 2.32. The Hall–Kier alpha value is -0.420. The van der Waals surface area contributed by atoms with Gasteiger partial charge in [0.15, 0.2) is 5.82 Å². The highest BCUT2D eigenvalue weighted by atomic mass is 79.9. The topological polar surface area (TPSA) is 61.8 Å². The maximum absolute atomic E-state index is 9.35. The summed E-state index contributed by atoms with van der Waals surface area (Å²) in [6.07, 6.45) is 0. The molecule has 56 valence electrons. The standard InChI is InChI=1S/C5H8BrN3O/c1-5(2,10)3-7-4(6)9-8-3/h10H,1-2H3,(H,7,8,9). The van der Waals surface area contributed by atoms with E-state index in [0.717, 1.165) is 0 Å². The van der Waals surface area contributed by atoms with E-state index in [-0.39, 0.29) is 0 Å². The maximum atomic E-state index is 9.35. The Labute approximate surface area is 66.8 Å². The van der Waals surface area contributed by atoms with E-state index in [2.05, 4.69) is 31.1 Å². The number of H-pyrrole nitrogens is 1. The van der Waals surface area contributed by atoms with E-state index in [4.69, 9.17) is 0 Å². The molecule has 0 saturated carbocycles. The zero-order chi connectivity index (χ0) is 7.78. The zero-order valence-corrected chi connectivity index (χ0v) is 7.31. The Kier molecular flexibility index (Phi) is 1.78. The summed E-state index contributed by atoms with van der Waals surface area (Å²) in [6.45, 7) is 3.28. The van der Waals surface area contributed by atoms with E-state index in [9.17, 15) is 5.11 Å². The number of rotatable bonds is 1. The number of aromatic amines is 1. The smallest absolute Gasteiger partial charge is 0.217 e. The molecule has 0 radical (unpaired) electrons. The second-order valence-electron chi connectivity index (χ2n) is 2.51. The molecular formula is C5H8BrN3O. The van der Waals surface area contributed by atoms with Crippen molar-refractivity contribution in [3.05, 3.63) is 10.6 Å². The van der Waals surface area contributed by atoms with E-state index < -0.39 is 5.60 Å². The van der Waals surface area contributed by atoms with E-state index in [1.54, 1.807) is 13.8 Å². The van der Waals surface area contributed by atoms with Crippen molar-refractivity contribution in [2.75, 3.05) is 0 Å². The van der Waals surface area contributed by atoms with Gasteiger partial charge in [0.25, 0.3) is 0 Å². The highest BCUT2D eigenvalue weighted by molar-refractivity contribution is 9.10. The van der Waals surface area contributed by atoms with Crippen LogP contribution in [-0.4, -0.2) is 20.3 Å². The molecule has 0 saturated heterocycles. The van der Waals surface area contributed by atoms with Crippen molar-refractivity contribution in [2.24, 2.45) is 0 Å². The van der Waals surface area contributed by atoms with Crippen LogP contribution in [0, 0.1) is 0 Å². The first-order chi connectivity index (χ1) is 4.50. The Morgan fingerprint density at radius 2 is 2.20 bits per heavy atom. The minimum atomic E-state index is -0.945. The third-order valence-corrected chi connectivity index (χ3v) is 1.39. The van der Waals surface area contributed by atoms with E-state index >= 15 is 0 Å². The normalized spacial score (nSPS) is 12.0. The van der Waals surface area contributed by atoms with Crippen molar-refractivity contribution >= 4 is 15.9 Å². The van der Waals surface area contributed by atoms with Gasteiger partial charge in [-0.2, -0.15) is 0 Å². The van der Waals surface area contributed by atoms with E-state index in [0.29, 0.717) is 10.6 Å². The molecule has 0 unspecified atom stereocenters. The summed E-state index contributed by atoms with van der Waals surface area (Å²) in [4.78, 5) is 3.88. The van der Waals surface area contributed by atoms with Gasteiger partial charge in [-0.05, 0) is 29.8 Å². The van der Waals surface area contributed by atoms with Crippen LogP contribution < -0.4 is 0 Å². The Morgan fingerprint density at radius 3 is 2.40 bits per heavy atom. The van der Waals surface area contributed by atoms with Gasteiger partial charge in [0.2, 0.25) is 4.73 Å². The predicted molar refractivity (Wildman–Crippen MR) is 39.3 cm³/mol. The van der Waals surface area contributed by atoms with Gasteiger partial charge >= 0.3 is 0 Å². The number of aromatic nitrogens is 3. The minimum Gasteiger partial charge on any atom is -0.382 e.